The summed E-state index contributed by atoms with van der Waals surface area (Å²) in [7, 11) is 0. The van der Waals surface area contributed by atoms with Gasteiger partial charge in [-0.3, -0.25) is 0 Å². The highest BCUT2D eigenvalue weighted by atomic mass is 79.9. The van der Waals surface area contributed by atoms with Gasteiger partial charge in [-0.2, -0.15) is 17.5 Å². The Morgan fingerprint density at radius 2 is 2.00 bits per heavy atom. The molecule has 6 nitrogen and oxygen atoms in total. The van der Waals surface area contributed by atoms with E-state index in [4.69, 9.17) is 4.84 Å². The van der Waals surface area contributed by atoms with E-state index < -0.39 is 11.7 Å². The second kappa shape index (κ2) is 7.57. The van der Waals surface area contributed by atoms with E-state index in [0.717, 1.165) is 21.9 Å². The van der Waals surface area contributed by atoms with Crippen LogP contribution in [0.25, 0.3) is 23.3 Å². The SMILES string of the molecule is FC(F)(F)c1cc(Br)c2nc(Nc3ccc(ON4C=c5cnsc5=CC4)cc3)[nH]c2c1. The Labute approximate surface area is 185 Å². The number of benzene rings is 2. The zero-order valence-corrected chi connectivity index (χ0v) is 18.0. The summed E-state index contributed by atoms with van der Waals surface area (Å²) < 4.78 is 44.6. The normalized spacial score (nSPS) is 13.5. The van der Waals surface area contributed by atoms with Crippen molar-refractivity contribution in [3.05, 3.63) is 62.4 Å². The molecule has 158 valence electrons. The molecule has 2 N–H and O–H groups in total. The second-order valence-corrected chi connectivity index (χ2v) is 8.44. The minimum absolute atomic E-state index is 0.268. The molecule has 0 bridgehead atoms. The van der Waals surface area contributed by atoms with Crippen molar-refractivity contribution in [3.63, 3.8) is 0 Å². The van der Waals surface area contributed by atoms with E-state index in [1.54, 1.807) is 35.5 Å². The van der Waals surface area contributed by atoms with Gasteiger partial charge in [-0.25, -0.2) is 10.0 Å². The highest BCUT2D eigenvalue weighted by molar-refractivity contribution is 9.10. The van der Waals surface area contributed by atoms with Crippen LogP contribution in [0.3, 0.4) is 0 Å². The molecule has 0 radical (unpaired) electrons. The first-order chi connectivity index (χ1) is 14.8. The van der Waals surface area contributed by atoms with Gasteiger partial charge in [0.15, 0.2) is 5.75 Å². The molecule has 2 aromatic carbocycles. The Balaban J connectivity index is 1.31. The molecule has 2 aromatic heterocycles. The predicted molar refractivity (Wildman–Crippen MR) is 116 cm³/mol. The minimum atomic E-state index is -4.43. The molecule has 0 amide bonds. The van der Waals surface area contributed by atoms with Crippen molar-refractivity contribution in [3.8, 4) is 5.75 Å². The summed E-state index contributed by atoms with van der Waals surface area (Å²) in [6.07, 6.45) is 1.30. The Kier molecular flexibility index (Phi) is 4.86. The third-order valence-electron chi connectivity index (χ3n) is 4.57. The maximum atomic E-state index is 13.0. The molecule has 0 saturated heterocycles. The van der Waals surface area contributed by atoms with Crippen LogP contribution >= 0.6 is 27.5 Å². The van der Waals surface area contributed by atoms with E-state index in [1.165, 1.54) is 11.5 Å². The molecule has 0 spiro atoms. The van der Waals surface area contributed by atoms with Crippen LogP contribution in [0, 0.1) is 0 Å². The van der Waals surface area contributed by atoms with Gasteiger partial charge < -0.3 is 15.1 Å². The topological polar surface area (TPSA) is 66.1 Å². The smallest absolute Gasteiger partial charge is 0.380 e. The highest BCUT2D eigenvalue weighted by Crippen LogP contribution is 2.35. The first-order valence-electron chi connectivity index (χ1n) is 9.06. The zero-order valence-electron chi connectivity index (χ0n) is 15.6. The summed E-state index contributed by atoms with van der Waals surface area (Å²) in [6.45, 7) is 0.614. The Morgan fingerprint density at radius 3 is 2.77 bits per heavy atom. The number of aromatic nitrogens is 3. The summed E-state index contributed by atoms with van der Waals surface area (Å²) in [6, 6.07) is 9.22. The van der Waals surface area contributed by atoms with Crippen LogP contribution < -0.4 is 19.9 Å². The number of H-pyrrole nitrogens is 1. The Bertz CT molecular complexity index is 1380. The minimum Gasteiger partial charge on any atom is -0.380 e. The summed E-state index contributed by atoms with van der Waals surface area (Å²) in [5.41, 5.74) is 0.649. The number of aromatic amines is 1. The van der Waals surface area contributed by atoms with E-state index in [0.29, 0.717) is 29.4 Å². The number of fused-ring (bicyclic) bond motifs is 2. The fraction of sp³-hybridized carbons (Fsp3) is 0.100. The van der Waals surface area contributed by atoms with Crippen LogP contribution in [0.5, 0.6) is 5.75 Å². The largest absolute Gasteiger partial charge is 0.416 e. The first-order valence-corrected chi connectivity index (χ1v) is 10.6. The summed E-state index contributed by atoms with van der Waals surface area (Å²) in [5, 5.41) is 5.79. The average Bonchev–Trinajstić information content (AvgIpc) is 3.35. The molecule has 11 heteroatoms. The third-order valence-corrected chi connectivity index (χ3v) is 5.99. The molecule has 0 saturated carbocycles. The van der Waals surface area contributed by atoms with E-state index >= 15 is 0 Å². The molecule has 5 rings (SSSR count). The number of hydrogen-bond donors (Lipinski definition) is 2. The molecule has 0 unspecified atom stereocenters. The number of imidazole rings is 1. The number of nitrogens with zero attached hydrogens (tertiary/aromatic N) is 3. The number of nitrogens with one attached hydrogen (secondary N) is 2. The van der Waals surface area contributed by atoms with Crippen molar-refractivity contribution in [2.24, 2.45) is 0 Å². The zero-order chi connectivity index (χ0) is 21.6. The Hall–Kier alpha value is -3.05. The number of halogens is 4. The van der Waals surface area contributed by atoms with Gasteiger partial charge in [-0.1, -0.05) is 0 Å². The van der Waals surface area contributed by atoms with Gasteiger partial charge in [-0.05, 0) is 69.9 Å². The van der Waals surface area contributed by atoms with Crippen molar-refractivity contribution in [2.45, 2.75) is 6.18 Å². The third kappa shape index (κ3) is 4.10. The quantitative estimate of drug-likeness (QED) is 0.429. The fourth-order valence-corrected chi connectivity index (χ4v) is 4.31. The standard InChI is InChI=1S/C20H13BrF3N5OS/c21-15-7-12(20(22,23)24)8-16-18(15)28-19(27-16)26-13-1-3-14(4-2-13)30-29-6-5-17-11(10-29)9-25-31-17/h1-5,7-10H,6H2,(H2,26,27,28). The van der Waals surface area contributed by atoms with Crippen molar-refractivity contribution in [1.82, 2.24) is 19.4 Å². The van der Waals surface area contributed by atoms with E-state index in [-0.39, 0.29) is 9.99 Å². The van der Waals surface area contributed by atoms with E-state index in [1.807, 2.05) is 12.3 Å². The molecule has 0 fully saturated rings. The second-order valence-electron chi connectivity index (χ2n) is 6.76. The van der Waals surface area contributed by atoms with Crippen LogP contribution in [0.2, 0.25) is 0 Å². The maximum absolute atomic E-state index is 13.0. The molecule has 3 heterocycles. The van der Waals surface area contributed by atoms with E-state index in [2.05, 4.69) is 35.6 Å². The van der Waals surface area contributed by atoms with Crippen LogP contribution in [0.15, 0.2) is 47.1 Å². The molecular weight excluding hydrogens is 495 g/mol. The highest BCUT2D eigenvalue weighted by Gasteiger charge is 2.31. The van der Waals surface area contributed by atoms with Crippen molar-refractivity contribution >= 4 is 62.4 Å². The predicted octanol–water partition coefficient (Wildman–Crippen LogP) is 4.37. The number of alkyl halides is 3. The van der Waals surface area contributed by atoms with Gasteiger partial charge in [0, 0.05) is 21.6 Å². The average molecular weight is 508 g/mol. The number of hydrogen-bond acceptors (Lipinski definition) is 6. The molecule has 1 aliphatic rings. The van der Waals surface area contributed by atoms with Crippen molar-refractivity contribution in [1.29, 1.82) is 0 Å². The van der Waals surface area contributed by atoms with Gasteiger partial charge in [-0.15, -0.1) is 0 Å². The molecule has 31 heavy (non-hydrogen) atoms. The Morgan fingerprint density at radius 1 is 1.19 bits per heavy atom. The lowest BCUT2D eigenvalue weighted by atomic mass is 10.2. The first kappa shape index (κ1) is 19.9. The maximum Gasteiger partial charge on any atom is 0.416 e. The molecule has 0 atom stereocenters. The lowest BCUT2D eigenvalue weighted by Crippen LogP contribution is -2.34. The number of rotatable bonds is 4. The monoisotopic (exact) mass is 507 g/mol. The van der Waals surface area contributed by atoms with Crippen LogP contribution in [0.4, 0.5) is 24.8 Å². The molecule has 4 aromatic rings. The van der Waals surface area contributed by atoms with Crippen LogP contribution in [-0.2, 0) is 6.18 Å². The fourth-order valence-electron chi connectivity index (χ4n) is 3.12. The van der Waals surface area contributed by atoms with E-state index in [9.17, 15) is 13.2 Å². The number of hydroxylamine groups is 2. The van der Waals surface area contributed by atoms with Gasteiger partial charge >= 0.3 is 6.18 Å². The van der Waals surface area contributed by atoms with Crippen molar-refractivity contribution < 1.29 is 18.0 Å². The summed E-state index contributed by atoms with van der Waals surface area (Å²) >= 11 is 4.61. The van der Waals surface area contributed by atoms with Gasteiger partial charge in [0.1, 0.15) is 5.52 Å². The molecule has 0 aliphatic carbocycles. The molecular formula is C20H13BrF3N5OS. The molecule has 1 aliphatic heterocycles. The van der Waals surface area contributed by atoms with Gasteiger partial charge in [0.25, 0.3) is 0 Å². The van der Waals surface area contributed by atoms with Crippen LogP contribution in [-0.4, -0.2) is 25.9 Å². The lowest BCUT2D eigenvalue weighted by molar-refractivity contribution is -0.137. The van der Waals surface area contributed by atoms with Gasteiger partial charge in [0.2, 0.25) is 5.95 Å². The number of anilines is 2. The van der Waals surface area contributed by atoms with Crippen molar-refractivity contribution in [2.75, 3.05) is 11.9 Å². The summed E-state index contributed by atoms with van der Waals surface area (Å²) in [4.78, 5) is 13.1. The van der Waals surface area contributed by atoms with Gasteiger partial charge in [0.05, 0.1) is 28.4 Å². The van der Waals surface area contributed by atoms with Crippen LogP contribution in [0.1, 0.15) is 5.56 Å². The lowest BCUT2D eigenvalue weighted by Gasteiger charge is -2.20. The summed E-state index contributed by atoms with van der Waals surface area (Å²) in [5.74, 6) is 0.976.